The van der Waals surface area contributed by atoms with Gasteiger partial charge in [-0.2, -0.15) is 0 Å². The lowest BCUT2D eigenvalue weighted by Crippen LogP contribution is -2.26. The molecule has 2 rings (SSSR count). The molecule has 0 N–H and O–H groups in total. The van der Waals surface area contributed by atoms with Crippen molar-refractivity contribution >= 4 is 0 Å². The van der Waals surface area contributed by atoms with Crippen molar-refractivity contribution in [1.82, 2.24) is 0 Å². The Kier molecular flexibility index (Phi) is 3.65. The van der Waals surface area contributed by atoms with Crippen LogP contribution in [0.25, 0.3) is 0 Å². The van der Waals surface area contributed by atoms with Crippen LogP contribution in [0.3, 0.4) is 0 Å². The quantitative estimate of drug-likeness (QED) is 0.633. The number of rotatable bonds is 2. The molecule has 0 aromatic heterocycles. The highest BCUT2D eigenvalue weighted by molar-refractivity contribution is 4.83. The van der Waals surface area contributed by atoms with Crippen LogP contribution in [0.2, 0.25) is 0 Å². The standard InChI is InChI=1S/C12H21O/c1-3-7-11(8-4-1)13-12-9-5-2-6-10-12/h7,11-12H,1-6,8-10H2/t11-/m0/s1. The van der Waals surface area contributed by atoms with Crippen LogP contribution >= 0.6 is 0 Å². The molecule has 0 aromatic carbocycles. The van der Waals surface area contributed by atoms with Crippen LogP contribution in [0.4, 0.5) is 0 Å². The molecule has 0 unspecified atom stereocenters. The first kappa shape index (κ1) is 9.51. The molecule has 13 heavy (non-hydrogen) atoms. The molecule has 0 heterocycles. The van der Waals surface area contributed by atoms with E-state index in [0.29, 0.717) is 12.2 Å². The van der Waals surface area contributed by atoms with Gasteiger partial charge in [0.25, 0.3) is 0 Å². The van der Waals surface area contributed by atoms with Crippen LogP contribution in [-0.2, 0) is 4.74 Å². The smallest absolute Gasteiger partial charge is 0.0610 e. The summed E-state index contributed by atoms with van der Waals surface area (Å²) < 4.78 is 6.08. The minimum absolute atomic E-state index is 0.497. The second-order valence-electron chi connectivity index (χ2n) is 4.45. The lowest BCUT2D eigenvalue weighted by molar-refractivity contribution is -0.0245. The third kappa shape index (κ3) is 2.98. The third-order valence-corrected chi connectivity index (χ3v) is 3.29. The van der Waals surface area contributed by atoms with Gasteiger partial charge in [0.1, 0.15) is 0 Å². The van der Waals surface area contributed by atoms with Crippen molar-refractivity contribution < 1.29 is 4.74 Å². The summed E-state index contributed by atoms with van der Waals surface area (Å²) >= 11 is 0. The molecule has 0 amide bonds. The molecule has 75 valence electrons. The Morgan fingerprint density at radius 2 is 1.62 bits per heavy atom. The molecule has 0 aromatic rings. The Morgan fingerprint density at radius 3 is 2.31 bits per heavy atom. The molecule has 2 aliphatic carbocycles. The minimum atomic E-state index is 0.497. The minimum Gasteiger partial charge on any atom is -0.375 e. The van der Waals surface area contributed by atoms with Gasteiger partial charge in [-0.15, -0.1) is 0 Å². The van der Waals surface area contributed by atoms with E-state index in [2.05, 4.69) is 6.42 Å². The van der Waals surface area contributed by atoms with E-state index in [9.17, 15) is 0 Å². The van der Waals surface area contributed by atoms with Crippen LogP contribution in [0.1, 0.15) is 57.8 Å². The van der Waals surface area contributed by atoms with Crippen molar-refractivity contribution in [3.8, 4) is 0 Å². The van der Waals surface area contributed by atoms with Gasteiger partial charge in [-0.3, -0.25) is 0 Å². The predicted octanol–water partition coefficient (Wildman–Crippen LogP) is 3.48. The summed E-state index contributed by atoms with van der Waals surface area (Å²) in [6, 6.07) is 0. The van der Waals surface area contributed by atoms with Gasteiger partial charge < -0.3 is 4.74 Å². The Balaban J connectivity index is 1.69. The number of hydrogen-bond acceptors (Lipinski definition) is 1. The Hall–Kier alpha value is -0.0400. The van der Waals surface area contributed by atoms with E-state index in [1.54, 1.807) is 0 Å². The zero-order chi connectivity index (χ0) is 8.93. The van der Waals surface area contributed by atoms with Crippen molar-refractivity contribution in [3.05, 3.63) is 6.42 Å². The monoisotopic (exact) mass is 181 g/mol. The molecule has 1 nitrogen and oxygen atoms in total. The van der Waals surface area contributed by atoms with Crippen LogP contribution in [0.5, 0.6) is 0 Å². The van der Waals surface area contributed by atoms with Gasteiger partial charge in [-0.25, -0.2) is 0 Å². The first-order valence-corrected chi connectivity index (χ1v) is 5.94. The largest absolute Gasteiger partial charge is 0.375 e. The Labute approximate surface area is 81.9 Å². The summed E-state index contributed by atoms with van der Waals surface area (Å²) in [4.78, 5) is 0. The average Bonchev–Trinajstić information content (AvgIpc) is 2.21. The van der Waals surface area contributed by atoms with Gasteiger partial charge in [-0.1, -0.05) is 32.1 Å². The lowest BCUT2D eigenvalue weighted by atomic mass is 9.95. The second kappa shape index (κ2) is 4.99. The summed E-state index contributed by atoms with van der Waals surface area (Å²) in [6.07, 6.45) is 15.6. The van der Waals surface area contributed by atoms with Crippen molar-refractivity contribution in [2.75, 3.05) is 0 Å². The van der Waals surface area contributed by atoms with E-state index >= 15 is 0 Å². The molecule has 2 fully saturated rings. The summed E-state index contributed by atoms with van der Waals surface area (Å²) in [5.41, 5.74) is 0. The van der Waals surface area contributed by atoms with Gasteiger partial charge >= 0.3 is 0 Å². The zero-order valence-corrected chi connectivity index (χ0v) is 8.50. The topological polar surface area (TPSA) is 9.23 Å². The molecule has 0 aliphatic heterocycles. The maximum absolute atomic E-state index is 6.08. The molecular formula is C12H21O. The molecule has 0 spiro atoms. The van der Waals surface area contributed by atoms with Gasteiger partial charge in [0.05, 0.1) is 12.2 Å². The molecule has 1 radical (unpaired) electrons. The highest BCUT2D eigenvalue weighted by Crippen LogP contribution is 2.26. The number of ether oxygens (including phenoxy) is 1. The van der Waals surface area contributed by atoms with E-state index in [1.165, 1.54) is 57.8 Å². The zero-order valence-electron chi connectivity index (χ0n) is 8.50. The van der Waals surface area contributed by atoms with Crippen LogP contribution < -0.4 is 0 Å². The fourth-order valence-electron chi connectivity index (χ4n) is 2.48. The molecule has 0 saturated heterocycles. The lowest BCUT2D eigenvalue weighted by Gasteiger charge is -2.29. The van der Waals surface area contributed by atoms with E-state index in [1.807, 2.05) is 0 Å². The fourth-order valence-corrected chi connectivity index (χ4v) is 2.48. The van der Waals surface area contributed by atoms with Gasteiger partial charge in [0.15, 0.2) is 0 Å². The van der Waals surface area contributed by atoms with Gasteiger partial charge in [-0.05, 0) is 32.1 Å². The normalized spacial score (nSPS) is 27.7. The van der Waals surface area contributed by atoms with Crippen LogP contribution in [0.15, 0.2) is 0 Å². The second-order valence-corrected chi connectivity index (χ2v) is 4.45. The molecular weight excluding hydrogens is 160 g/mol. The maximum atomic E-state index is 6.08. The van der Waals surface area contributed by atoms with Crippen molar-refractivity contribution in [1.29, 1.82) is 0 Å². The molecule has 1 heteroatoms. The van der Waals surface area contributed by atoms with E-state index in [4.69, 9.17) is 4.74 Å². The average molecular weight is 181 g/mol. The van der Waals surface area contributed by atoms with E-state index in [0.717, 1.165) is 0 Å². The third-order valence-electron chi connectivity index (χ3n) is 3.29. The van der Waals surface area contributed by atoms with Gasteiger partial charge in [0.2, 0.25) is 0 Å². The molecule has 2 saturated carbocycles. The molecule has 2 aliphatic rings. The van der Waals surface area contributed by atoms with Crippen molar-refractivity contribution in [3.63, 3.8) is 0 Å². The summed E-state index contributed by atoms with van der Waals surface area (Å²) in [6.45, 7) is 0. The molecule has 0 bridgehead atoms. The maximum Gasteiger partial charge on any atom is 0.0610 e. The summed E-state index contributed by atoms with van der Waals surface area (Å²) in [5.74, 6) is 0. The van der Waals surface area contributed by atoms with Gasteiger partial charge in [0, 0.05) is 0 Å². The van der Waals surface area contributed by atoms with Crippen molar-refractivity contribution in [2.24, 2.45) is 0 Å². The fraction of sp³-hybridized carbons (Fsp3) is 0.917. The highest BCUT2D eigenvalue weighted by atomic mass is 16.5. The highest BCUT2D eigenvalue weighted by Gasteiger charge is 2.20. The van der Waals surface area contributed by atoms with Crippen LogP contribution in [0, 0.1) is 6.42 Å². The Bertz CT molecular complexity index is 116. The first-order valence-electron chi connectivity index (χ1n) is 5.94. The SMILES string of the molecule is [CH]1CCCC[C@H]1OC1CCCCC1. The van der Waals surface area contributed by atoms with Crippen LogP contribution in [-0.4, -0.2) is 12.2 Å². The van der Waals surface area contributed by atoms with E-state index < -0.39 is 0 Å². The first-order chi connectivity index (χ1) is 6.45. The van der Waals surface area contributed by atoms with Crippen molar-refractivity contribution in [2.45, 2.75) is 70.0 Å². The Morgan fingerprint density at radius 1 is 0.846 bits per heavy atom. The number of hydrogen-bond donors (Lipinski definition) is 0. The molecule has 1 atom stereocenters. The van der Waals surface area contributed by atoms with E-state index in [-0.39, 0.29) is 0 Å². The predicted molar refractivity (Wildman–Crippen MR) is 54.5 cm³/mol. The summed E-state index contributed by atoms with van der Waals surface area (Å²) in [7, 11) is 0. The summed E-state index contributed by atoms with van der Waals surface area (Å²) in [5, 5.41) is 0.